The molecule has 1 heterocycles. The molecule has 5 nitrogen and oxygen atoms in total. The van der Waals surface area contributed by atoms with Gasteiger partial charge in [-0.1, -0.05) is 30.3 Å². The zero-order chi connectivity index (χ0) is 16.1. The molecule has 3 rings (SSSR count). The van der Waals surface area contributed by atoms with Crippen LogP contribution in [0.25, 0.3) is 6.08 Å². The summed E-state index contributed by atoms with van der Waals surface area (Å²) >= 11 is 0. The fourth-order valence-electron chi connectivity index (χ4n) is 2.07. The summed E-state index contributed by atoms with van der Waals surface area (Å²) in [6.45, 7) is -0.177. The topological polar surface area (TPSA) is 61.8 Å². The Labute approximate surface area is 133 Å². The lowest BCUT2D eigenvalue weighted by atomic mass is 10.1. The molecule has 0 saturated heterocycles. The van der Waals surface area contributed by atoms with Crippen LogP contribution < -0.4 is 9.47 Å². The summed E-state index contributed by atoms with van der Waals surface area (Å²) in [4.78, 5) is 23.7. The first kappa shape index (κ1) is 14.8. The van der Waals surface area contributed by atoms with Crippen molar-refractivity contribution in [3.05, 3.63) is 65.7 Å². The lowest BCUT2D eigenvalue weighted by Gasteiger charge is -2.03. The molecule has 0 N–H and O–H groups in total. The second-order valence-corrected chi connectivity index (χ2v) is 4.84. The normalized spacial score (nSPS) is 12.3. The highest BCUT2D eigenvalue weighted by atomic mass is 16.7. The molecule has 0 radical (unpaired) electrons. The van der Waals surface area contributed by atoms with E-state index in [4.69, 9.17) is 14.2 Å². The van der Waals surface area contributed by atoms with E-state index in [2.05, 4.69) is 0 Å². The summed E-state index contributed by atoms with van der Waals surface area (Å²) in [6.07, 6.45) is 2.93. The summed E-state index contributed by atoms with van der Waals surface area (Å²) in [5, 5.41) is 0. The van der Waals surface area contributed by atoms with Gasteiger partial charge >= 0.3 is 5.97 Å². The Morgan fingerprint density at radius 3 is 2.65 bits per heavy atom. The molecule has 0 bridgehead atoms. The quantitative estimate of drug-likeness (QED) is 0.483. The average molecular weight is 310 g/mol. The molecule has 0 saturated carbocycles. The predicted octanol–water partition coefficient (Wildman–Crippen LogP) is 2.85. The number of ketones is 1. The van der Waals surface area contributed by atoms with Gasteiger partial charge in [0, 0.05) is 11.6 Å². The average Bonchev–Trinajstić information content (AvgIpc) is 3.06. The van der Waals surface area contributed by atoms with Crippen molar-refractivity contribution in [2.75, 3.05) is 13.4 Å². The predicted molar refractivity (Wildman–Crippen MR) is 83.3 cm³/mol. The Morgan fingerprint density at radius 1 is 1.04 bits per heavy atom. The van der Waals surface area contributed by atoms with E-state index in [9.17, 15) is 9.59 Å². The Hall–Kier alpha value is -3.08. The number of ether oxygens (including phenoxy) is 3. The van der Waals surface area contributed by atoms with Crippen LogP contribution in [0, 0.1) is 0 Å². The highest BCUT2D eigenvalue weighted by molar-refractivity contribution is 5.99. The van der Waals surface area contributed by atoms with Gasteiger partial charge in [0.25, 0.3) is 0 Å². The third-order valence-electron chi connectivity index (χ3n) is 3.25. The number of rotatable bonds is 5. The Morgan fingerprint density at radius 2 is 1.83 bits per heavy atom. The number of hydrogen-bond acceptors (Lipinski definition) is 5. The van der Waals surface area contributed by atoms with Crippen LogP contribution in [0.5, 0.6) is 11.5 Å². The molecular weight excluding hydrogens is 296 g/mol. The van der Waals surface area contributed by atoms with Gasteiger partial charge in [-0.15, -0.1) is 0 Å². The van der Waals surface area contributed by atoms with Gasteiger partial charge in [-0.05, 0) is 29.8 Å². The monoisotopic (exact) mass is 310 g/mol. The molecule has 1 aliphatic rings. The van der Waals surface area contributed by atoms with Crippen LogP contribution in [0.4, 0.5) is 0 Å². The van der Waals surface area contributed by atoms with Crippen molar-refractivity contribution in [3.63, 3.8) is 0 Å². The smallest absolute Gasteiger partial charge is 0.331 e. The van der Waals surface area contributed by atoms with Crippen LogP contribution in [0.1, 0.15) is 15.9 Å². The van der Waals surface area contributed by atoms with Gasteiger partial charge in [0.05, 0.1) is 0 Å². The maximum atomic E-state index is 12.0. The largest absolute Gasteiger partial charge is 0.454 e. The van der Waals surface area contributed by atoms with Crippen molar-refractivity contribution in [1.29, 1.82) is 0 Å². The van der Waals surface area contributed by atoms with Crippen molar-refractivity contribution in [2.24, 2.45) is 0 Å². The number of fused-ring (bicyclic) bond motifs is 1. The van der Waals surface area contributed by atoms with Gasteiger partial charge in [0.15, 0.2) is 23.9 Å². The van der Waals surface area contributed by atoms with E-state index in [0.29, 0.717) is 17.1 Å². The number of benzene rings is 2. The van der Waals surface area contributed by atoms with E-state index in [1.54, 1.807) is 24.3 Å². The summed E-state index contributed by atoms with van der Waals surface area (Å²) in [5.74, 6) is 0.253. The van der Waals surface area contributed by atoms with Crippen LogP contribution >= 0.6 is 0 Å². The maximum Gasteiger partial charge on any atom is 0.331 e. The van der Waals surface area contributed by atoms with E-state index in [1.165, 1.54) is 6.08 Å². The van der Waals surface area contributed by atoms with Crippen molar-refractivity contribution < 1.29 is 23.8 Å². The third kappa shape index (κ3) is 3.77. The summed E-state index contributed by atoms with van der Waals surface area (Å²) in [7, 11) is 0. The molecular formula is C18H14O5. The van der Waals surface area contributed by atoms with Crippen LogP contribution in [0.15, 0.2) is 54.6 Å². The first-order chi connectivity index (χ1) is 11.2. The lowest BCUT2D eigenvalue weighted by Crippen LogP contribution is -2.12. The van der Waals surface area contributed by atoms with Crippen molar-refractivity contribution in [3.8, 4) is 11.5 Å². The van der Waals surface area contributed by atoms with Gasteiger partial charge in [-0.25, -0.2) is 4.79 Å². The standard InChI is InChI=1S/C18H14O5/c19-15(14-7-8-16-17(10-14)23-12-22-16)11-21-18(20)9-6-13-4-2-1-3-5-13/h1-10H,11-12H2/b9-6+. The van der Waals surface area contributed by atoms with E-state index in [-0.39, 0.29) is 19.2 Å². The molecule has 0 aliphatic carbocycles. The summed E-state index contributed by atoms with van der Waals surface area (Å²) < 4.78 is 15.3. The first-order valence-electron chi connectivity index (χ1n) is 7.05. The second-order valence-electron chi connectivity index (χ2n) is 4.84. The van der Waals surface area contributed by atoms with Crippen molar-refractivity contribution >= 4 is 17.8 Å². The van der Waals surface area contributed by atoms with E-state index in [1.807, 2.05) is 30.3 Å². The number of esters is 1. The minimum absolute atomic E-state index is 0.145. The molecule has 0 atom stereocenters. The number of hydrogen-bond donors (Lipinski definition) is 0. The fourth-order valence-corrected chi connectivity index (χ4v) is 2.07. The minimum Gasteiger partial charge on any atom is -0.454 e. The van der Waals surface area contributed by atoms with Crippen LogP contribution in [0.3, 0.4) is 0 Å². The molecule has 2 aromatic rings. The second kappa shape index (κ2) is 6.79. The van der Waals surface area contributed by atoms with E-state index in [0.717, 1.165) is 5.56 Å². The molecule has 0 spiro atoms. The maximum absolute atomic E-state index is 12.0. The SMILES string of the molecule is O=C(/C=C/c1ccccc1)OCC(=O)c1ccc2c(c1)OCO2. The Kier molecular flexibility index (Phi) is 4.38. The van der Waals surface area contributed by atoms with Gasteiger partial charge in [-0.3, -0.25) is 4.79 Å². The van der Waals surface area contributed by atoms with E-state index >= 15 is 0 Å². The van der Waals surface area contributed by atoms with Gasteiger partial charge in [0.1, 0.15) is 0 Å². The summed E-state index contributed by atoms with van der Waals surface area (Å²) in [6, 6.07) is 14.2. The molecule has 0 unspecified atom stereocenters. The van der Waals surface area contributed by atoms with Crippen molar-refractivity contribution in [2.45, 2.75) is 0 Å². The molecule has 0 amide bonds. The molecule has 23 heavy (non-hydrogen) atoms. The van der Waals surface area contributed by atoms with Gasteiger partial charge < -0.3 is 14.2 Å². The molecule has 116 valence electrons. The third-order valence-corrected chi connectivity index (χ3v) is 3.25. The molecule has 5 heteroatoms. The highest BCUT2D eigenvalue weighted by Gasteiger charge is 2.16. The molecule has 0 fully saturated rings. The highest BCUT2D eigenvalue weighted by Crippen LogP contribution is 2.32. The van der Waals surface area contributed by atoms with Gasteiger partial charge in [0.2, 0.25) is 6.79 Å². The zero-order valence-electron chi connectivity index (χ0n) is 12.2. The minimum atomic E-state index is -0.567. The van der Waals surface area contributed by atoms with E-state index < -0.39 is 5.97 Å². The Balaban J connectivity index is 1.54. The van der Waals surface area contributed by atoms with Crippen LogP contribution in [-0.2, 0) is 9.53 Å². The Bertz CT molecular complexity index is 749. The number of carbonyl (C=O) groups excluding carboxylic acids is 2. The first-order valence-corrected chi connectivity index (χ1v) is 7.05. The fraction of sp³-hybridized carbons (Fsp3) is 0.111. The zero-order valence-corrected chi connectivity index (χ0v) is 12.2. The van der Waals surface area contributed by atoms with Gasteiger partial charge in [-0.2, -0.15) is 0 Å². The number of carbonyl (C=O) groups is 2. The molecule has 0 aromatic heterocycles. The van der Waals surface area contributed by atoms with Crippen molar-refractivity contribution in [1.82, 2.24) is 0 Å². The van der Waals surface area contributed by atoms with Crippen LogP contribution in [-0.4, -0.2) is 25.2 Å². The van der Waals surface area contributed by atoms with Crippen LogP contribution in [0.2, 0.25) is 0 Å². The molecule has 1 aliphatic heterocycles. The number of Topliss-reactive ketones (excluding diaryl/α,β-unsaturated/α-hetero) is 1. The summed E-state index contributed by atoms with van der Waals surface area (Å²) in [5.41, 5.74) is 1.29. The lowest BCUT2D eigenvalue weighted by molar-refractivity contribution is -0.136. The molecule has 2 aromatic carbocycles.